The minimum atomic E-state index is -0.517. The van der Waals surface area contributed by atoms with Crippen LogP contribution in [0.1, 0.15) is 49.3 Å². The van der Waals surface area contributed by atoms with Gasteiger partial charge in [-0.25, -0.2) is 0 Å². The van der Waals surface area contributed by atoms with E-state index in [1.165, 1.54) is 12.3 Å². The fourth-order valence-corrected chi connectivity index (χ4v) is 2.41. The Bertz CT molecular complexity index is 829. The second-order valence-corrected chi connectivity index (χ2v) is 7.34. The Balaban J connectivity index is 2.51. The number of carbonyl (C=O) groups is 1. The average Bonchev–Trinajstić information content (AvgIpc) is 2.59. The third-order valence-electron chi connectivity index (χ3n) is 3.14. The molecule has 138 valence electrons. The lowest BCUT2D eigenvalue weighted by Gasteiger charge is -2.17. The molecule has 0 atom stereocenters. The Kier molecular flexibility index (Phi) is 6.37. The van der Waals surface area contributed by atoms with Crippen molar-refractivity contribution in [3.8, 4) is 5.75 Å². The molecule has 1 N–H and O–H groups in total. The average molecular weight is 421 g/mol. The quantitative estimate of drug-likeness (QED) is 0.337. The van der Waals surface area contributed by atoms with E-state index in [0.29, 0.717) is 16.6 Å². The number of aromatic hydroxyl groups is 1. The van der Waals surface area contributed by atoms with Crippen molar-refractivity contribution in [1.82, 2.24) is 4.98 Å². The number of aromatic nitrogens is 1. The molecule has 0 saturated carbocycles. The number of ketones is 1. The molecule has 0 bridgehead atoms. The molecule has 1 aromatic carbocycles. The van der Waals surface area contributed by atoms with E-state index >= 15 is 0 Å². The molecule has 1 aromatic heterocycles. The molecule has 0 unspecified atom stereocenters. The van der Waals surface area contributed by atoms with E-state index in [0.717, 1.165) is 0 Å². The predicted octanol–water partition coefficient (Wildman–Crippen LogP) is 4.29. The van der Waals surface area contributed by atoms with Crippen molar-refractivity contribution in [2.75, 3.05) is 6.61 Å². The number of benzene rings is 1. The van der Waals surface area contributed by atoms with Gasteiger partial charge in [0.2, 0.25) is 5.78 Å². The van der Waals surface area contributed by atoms with Gasteiger partial charge in [-0.1, -0.05) is 15.9 Å². The number of carbonyl (C=O) groups excluding carboxylic acids is 1. The SMILES string of the molecule is CCO/C(=N\OC(C)(C)C)c1cccnc1C(=O)c1cc(Br)ccc1O. The van der Waals surface area contributed by atoms with Crippen LogP contribution in [0.4, 0.5) is 0 Å². The van der Waals surface area contributed by atoms with E-state index in [2.05, 4.69) is 26.1 Å². The Hall–Kier alpha value is -2.41. The van der Waals surface area contributed by atoms with Crippen molar-refractivity contribution in [2.45, 2.75) is 33.3 Å². The normalized spacial score (nSPS) is 12.0. The lowest BCUT2D eigenvalue weighted by atomic mass is 10.0. The maximum Gasteiger partial charge on any atom is 0.259 e. The highest BCUT2D eigenvalue weighted by Crippen LogP contribution is 2.25. The van der Waals surface area contributed by atoms with Crippen molar-refractivity contribution >= 4 is 27.6 Å². The minimum Gasteiger partial charge on any atom is -0.507 e. The molecule has 1 heterocycles. The number of pyridine rings is 1. The lowest BCUT2D eigenvalue weighted by Crippen LogP contribution is -2.20. The van der Waals surface area contributed by atoms with Gasteiger partial charge in [-0.3, -0.25) is 9.78 Å². The van der Waals surface area contributed by atoms with Gasteiger partial charge in [-0.15, -0.1) is 0 Å². The van der Waals surface area contributed by atoms with E-state index in [4.69, 9.17) is 9.57 Å². The van der Waals surface area contributed by atoms with Crippen LogP contribution in [0.5, 0.6) is 5.75 Å². The van der Waals surface area contributed by atoms with E-state index in [-0.39, 0.29) is 22.9 Å². The molecule has 0 spiro atoms. The highest BCUT2D eigenvalue weighted by Gasteiger charge is 2.23. The van der Waals surface area contributed by atoms with Gasteiger partial charge in [0.05, 0.1) is 17.7 Å². The second-order valence-electron chi connectivity index (χ2n) is 6.42. The first-order valence-electron chi connectivity index (χ1n) is 8.10. The van der Waals surface area contributed by atoms with Crippen molar-refractivity contribution < 1.29 is 19.5 Å². The standard InChI is InChI=1S/C19H21BrN2O4/c1-5-25-18(22-26-19(2,3)4)13-7-6-10-21-16(13)17(24)14-11-12(20)8-9-15(14)23/h6-11,23H,5H2,1-4H3/b22-18-. The molecule has 0 aliphatic rings. The fourth-order valence-electron chi connectivity index (χ4n) is 2.04. The zero-order chi connectivity index (χ0) is 19.3. The molecule has 0 aliphatic carbocycles. The van der Waals surface area contributed by atoms with Crippen molar-refractivity contribution in [2.24, 2.45) is 5.16 Å². The molecule has 0 saturated heterocycles. The largest absolute Gasteiger partial charge is 0.507 e. The number of phenolic OH excluding ortho intramolecular Hbond substituents is 1. The summed E-state index contributed by atoms with van der Waals surface area (Å²) in [7, 11) is 0. The molecule has 26 heavy (non-hydrogen) atoms. The zero-order valence-corrected chi connectivity index (χ0v) is 16.7. The van der Waals surface area contributed by atoms with E-state index < -0.39 is 11.4 Å². The van der Waals surface area contributed by atoms with Crippen LogP contribution in [0.25, 0.3) is 0 Å². The van der Waals surface area contributed by atoms with Crippen LogP contribution in [0.15, 0.2) is 46.2 Å². The summed E-state index contributed by atoms with van der Waals surface area (Å²) in [5.74, 6) is -0.411. The summed E-state index contributed by atoms with van der Waals surface area (Å²) in [6.45, 7) is 7.72. The summed E-state index contributed by atoms with van der Waals surface area (Å²) in [5.41, 5.74) is 0.123. The van der Waals surface area contributed by atoms with Crippen molar-refractivity contribution in [1.29, 1.82) is 0 Å². The Morgan fingerprint density at radius 3 is 2.65 bits per heavy atom. The molecule has 0 amide bonds. The van der Waals surface area contributed by atoms with E-state index in [1.807, 2.05) is 27.7 Å². The predicted molar refractivity (Wildman–Crippen MR) is 102 cm³/mol. The van der Waals surface area contributed by atoms with Gasteiger partial charge in [-0.05, 0) is 63.2 Å². The maximum absolute atomic E-state index is 13.0. The molecule has 6 nitrogen and oxygen atoms in total. The van der Waals surface area contributed by atoms with Crippen molar-refractivity contribution in [3.05, 3.63) is 57.8 Å². The first-order valence-corrected chi connectivity index (χ1v) is 8.90. The van der Waals surface area contributed by atoms with Crippen molar-refractivity contribution in [3.63, 3.8) is 0 Å². The van der Waals surface area contributed by atoms with Crippen LogP contribution in [0, 0.1) is 0 Å². The number of rotatable bonds is 5. The number of hydrogen-bond acceptors (Lipinski definition) is 6. The van der Waals surface area contributed by atoms with Crippen LogP contribution < -0.4 is 0 Å². The third kappa shape index (κ3) is 5.05. The van der Waals surface area contributed by atoms with Gasteiger partial charge in [0.15, 0.2) is 0 Å². The number of halogens is 1. The highest BCUT2D eigenvalue weighted by molar-refractivity contribution is 9.10. The summed E-state index contributed by atoms with van der Waals surface area (Å²) >= 11 is 3.30. The summed E-state index contributed by atoms with van der Waals surface area (Å²) < 4.78 is 6.24. The number of hydrogen-bond donors (Lipinski definition) is 1. The fraction of sp³-hybridized carbons (Fsp3) is 0.316. The van der Waals surface area contributed by atoms with Gasteiger partial charge < -0.3 is 14.7 Å². The summed E-state index contributed by atoms with van der Waals surface area (Å²) in [6.07, 6.45) is 1.50. The number of ether oxygens (including phenoxy) is 1. The summed E-state index contributed by atoms with van der Waals surface area (Å²) in [6, 6.07) is 7.99. The second kappa shape index (κ2) is 8.31. The lowest BCUT2D eigenvalue weighted by molar-refractivity contribution is -0.00332. The molecular weight excluding hydrogens is 400 g/mol. The summed E-state index contributed by atoms with van der Waals surface area (Å²) in [4.78, 5) is 22.6. The van der Waals surface area contributed by atoms with E-state index in [9.17, 15) is 9.90 Å². The van der Waals surface area contributed by atoms with Gasteiger partial charge in [0, 0.05) is 10.7 Å². The first-order chi connectivity index (χ1) is 12.2. The minimum absolute atomic E-state index is 0.116. The smallest absolute Gasteiger partial charge is 0.259 e. The molecule has 2 rings (SSSR count). The number of oxime groups is 1. The maximum atomic E-state index is 13.0. The molecular formula is C19H21BrN2O4. The Labute approximate surface area is 161 Å². The van der Waals surface area contributed by atoms with Gasteiger partial charge in [0.25, 0.3) is 5.90 Å². The monoisotopic (exact) mass is 420 g/mol. The topological polar surface area (TPSA) is 81.0 Å². The van der Waals surface area contributed by atoms with Gasteiger partial charge in [0.1, 0.15) is 17.0 Å². The Morgan fingerprint density at radius 2 is 2.00 bits per heavy atom. The Morgan fingerprint density at radius 1 is 1.27 bits per heavy atom. The summed E-state index contributed by atoms with van der Waals surface area (Å²) in [5, 5.41) is 14.1. The van der Waals surface area contributed by atoms with Crippen LogP contribution >= 0.6 is 15.9 Å². The number of nitrogens with zero attached hydrogens (tertiary/aromatic N) is 2. The zero-order valence-electron chi connectivity index (χ0n) is 15.1. The van der Waals surface area contributed by atoms with Crippen LogP contribution in [0.3, 0.4) is 0 Å². The van der Waals surface area contributed by atoms with Crippen LogP contribution in [-0.4, -0.2) is 34.0 Å². The molecule has 2 aromatic rings. The number of phenols is 1. The third-order valence-corrected chi connectivity index (χ3v) is 3.63. The van der Waals surface area contributed by atoms with Crippen LogP contribution in [-0.2, 0) is 9.57 Å². The van der Waals surface area contributed by atoms with E-state index in [1.54, 1.807) is 24.3 Å². The molecule has 0 aliphatic heterocycles. The van der Waals surface area contributed by atoms with Crippen LogP contribution in [0.2, 0.25) is 0 Å². The highest BCUT2D eigenvalue weighted by atomic mass is 79.9. The first kappa shape index (κ1) is 19.9. The molecule has 7 heteroatoms. The van der Waals surface area contributed by atoms with Gasteiger partial charge >= 0.3 is 0 Å². The molecule has 0 radical (unpaired) electrons. The van der Waals surface area contributed by atoms with Gasteiger partial charge in [-0.2, -0.15) is 0 Å². The molecule has 0 fully saturated rings.